The van der Waals surface area contributed by atoms with Gasteiger partial charge in [0, 0.05) is 19.6 Å². The SMILES string of the molecule is O=C(O)C(F)(F)F.O=C(c1ccco1)N1CCNCC1C(F)(F)F. The number of piperazine rings is 1. The molecule has 2 N–H and O–H groups in total. The molecule has 6 nitrogen and oxygen atoms in total. The Bertz CT molecular complexity index is 555. The summed E-state index contributed by atoms with van der Waals surface area (Å²) in [6.45, 7) is 0.0820. The normalized spacial score (nSPS) is 18.6. The van der Waals surface area contributed by atoms with Crippen LogP contribution in [0.2, 0.25) is 0 Å². The standard InChI is InChI=1S/C10H11F3N2O2.C2HF3O2/c11-10(12,13)8-6-14-3-4-15(8)9(16)7-2-1-5-17-7;3-2(4,5)1(6)7/h1-2,5,8,14H,3-4,6H2;(H,6,7). The van der Waals surface area contributed by atoms with Crippen molar-refractivity contribution in [2.75, 3.05) is 19.6 Å². The van der Waals surface area contributed by atoms with Crippen molar-refractivity contribution in [2.24, 2.45) is 0 Å². The van der Waals surface area contributed by atoms with Gasteiger partial charge in [0.15, 0.2) is 5.76 Å². The van der Waals surface area contributed by atoms with E-state index in [9.17, 15) is 31.1 Å². The third kappa shape index (κ3) is 5.44. The maximum atomic E-state index is 12.7. The first-order valence-electron chi connectivity index (χ1n) is 6.36. The minimum Gasteiger partial charge on any atom is -0.475 e. The topological polar surface area (TPSA) is 82.8 Å². The van der Waals surface area contributed by atoms with Gasteiger partial charge in [0.05, 0.1) is 6.26 Å². The molecule has 1 amide bonds. The largest absolute Gasteiger partial charge is 0.490 e. The lowest BCUT2D eigenvalue weighted by Gasteiger charge is -2.36. The molecule has 0 aliphatic carbocycles. The van der Waals surface area contributed by atoms with Crippen LogP contribution >= 0.6 is 0 Å². The lowest BCUT2D eigenvalue weighted by Crippen LogP contribution is -2.59. The Morgan fingerprint density at radius 1 is 1.25 bits per heavy atom. The Morgan fingerprint density at radius 3 is 2.25 bits per heavy atom. The zero-order valence-corrected chi connectivity index (χ0v) is 11.8. The summed E-state index contributed by atoms with van der Waals surface area (Å²) >= 11 is 0. The summed E-state index contributed by atoms with van der Waals surface area (Å²) in [5.74, 6) is -3.55. The van der Waals surface area contributed by atoms with Crippen LogP contribution in [0, 0.1) is 0 Å². The maximum Gasteiger partial charge on any atom is 0.490 e. The predicted octanol–water partition coefficient (Wildman–Crippen LogP) is 1.89. The number of halogens is 6. The number of carboxylic acids is 1. The monoisotopic (exact) mass is 362 g/mol. The Labute approximate surface area is 131 Å². The van der Waals surface area contributed by atoms with Gasteiger partial charge in [0.1, 0.15) is 6.04 Å². The van der Waals surface area contributed by atoms with E-state index in [-0.39, 0.29) is 18.8 Å². The van der Waals surface area contributed by atoms with E-state index in [0.717, 1.165) is 4.90 Å². The predicted molar refractivity (Wildman–Crippen MR) is 66.1 cm³/mol. The number of furan rings is 1. The third-order valence-electron chi connectivity index (χ3n) is 2.86. The van der Waals surface area contributed by atoms with E-state index in [0.29, 0.717) is 6.54 Å². The number of nitrogens with one attached hydrogen (secondary N) is 1. The summed E-state index contributed by atoms with van der Waals surface area (Å²) in [4.78, 5) is 21.5. The summed E-state index contributed by atoms with van der Waals surface area (Å²) in [5, 5.41) is 9.75. The van der Waals surface area contributed by atoms with Crippen LogP contribution in [0.15, 0.2) is 22.8 Å². The highest BCUT2D eigenvalue weighted by molar-refractivity contribution is 5.91. The number of hydrogen-bond acceptors (Lipinski definition) is 4. The molecule has 1 fully saturated rings. The minimum atomic E-state index is -5.08. The van der Waals surface area contributed by atoms with Crippen LogP contribution in [0.5, 0.6) is 0 Å². The van der Waals surface area contributed by atoms with Crippen molar-refractivity contribution in [3.8, 4) is 0 Å². The lowest BCUT2D eigenvalue weighted by molar-refractivity contribution is -0.192. The average Bonchev–Trinajstić information content (AvgIpc) is 2.99. The molecule has 0 saturated carbocycles. The highest BCUT2D eigenvalue weighted by Gasteiger charge is 2.47. The Kier molecular flexibility index (Phi) is 6.23. The fraction of sp³-hybridized carbons (Fsp3) is 0.500. The molecule has 1 saturated heterocycles. The molecule has 24 heavy (non-hydrogen) atoms. The smallest absolute Gasteiger partial charge is 0.475 e. The molecule has 1 aromatic rings. The first-order chi connectivity index (χ1) is 10.9. The minimum absolute atomic E-state index is 0.0176. The fourth-order valence-corrected chi connectivity index (χ4v) is 1.78. The summed E-state index contributed by atoms with van der Waals surface area (Å²) < 4.78 is 74.8. The van der Waals surface area contributed by atoms with Gasteiger partial charge in [-0.3, -0.25) is 4.79 Å². The van der Waals surface area contributed by atoms with Gasteiger partial charge < -0.3 is 19.7 Å². The van der Waals surface area contributed by atoms with Crippen LogP contribution in [-0.2, 0) is 4.79 Å². The van der Waals surface area contributed by atoms with Crippen LogP contribution in [0.4, 0.5) is 26.3 Å². The van der Waals surface area contributed by atoms with E-state index < -0.39 is 30.3 Å². The van der Waals surface area contributed by atoms with Crippen LogP contribution < -0.4 is 5.32 Å². The van der Waals surface area contributed by atoms with E-state index in [1.54, 1.807) is 0 Å². The van der Waals surface area contributed by atoms with Crippen molar-refractivity contribution in [3.63, 3.8) is 0 Å². The molecular weight excluding hydrogens is 350 g/mol. The number of carbonyl (C=O) groups is 2. The van der Waals surface area contributed by atoms with Crippen LogP contribution in [0.25, 0.3) is 0 Å². The van der Waals surface area contributed by atoms with Gasteiger partial charge in [-0.25, -0.2) is 4.79 Å². The van der Waals surface area contributed by atoms with Crippen molar-refractivity contribution in [1.82, 2.24) is 10.2 Å². The first-order valence-corrected chi connectivity index (χ1v) is 6.36. The zero-order chi connectivity index (χ0) is 18.5. The molecule has 1 aliphatic heterocycles. The second-order valence-electron chi connectivity index (χ2n) is 4.54. The number of carbonyl (C=O) groups excluding carboxylic acids is 1. The number of carboxylic acid groups (broad SMARTS) is 1. The van der Waals surface area contributed by atoms with E-state index in [1.807, 2.05) is 0 Å². The molecule has 136 valence electrons. The number of amides is 1. The summed E-state index contributed by atoms with van der Waals surface area (Å²) in [7, 11) is 0. The number of rotatable bonds is 1. The van der Waals surface area contributed by atoms with Crippen molar-refractivity contribution < 1.29 is 45.5 Å². The van der Waals surface area contributed by atoms with Gasteiger partial charge in [-0.2, -0.15) is 26.3 Å². The summed E-state index contributed by atoms with van der Waals surface area (Å²) in [5.41, 5.74) is 0. The number of aliphatic carboxylic acids is 1. The van der Waals surface area contributed by atoms with E-state index in [2.05, 4.69) is 5.32 Å². The molecule has 0 radical (unpaired) electrons. The molecule has 0 spiro atoms. The molecule has 2 rings (SSSR count). The van der Waals surface area contributed by atoms with Gasteiger partial charge in [0.25, 0.3) is 5.91 Å². The molecule has 1 aliphatic rings. The molecular formula is C12H12F6N2O4. The third-order valence-corrected chi connectivity index (χ3v) is 2.86. The number of nitrogens with zero attached hydrogens (tertiary/aromatic N) is 1. The van der Waals surface area contributed by atoms with Crippen LogP contribution in [-0.4, -0.2) is 59.9 Å². The number of hydrogen-bond donors (Lipinski definition) is 2. The fourth-order valence-electron chi connectivity index (χ4n) is 1.78. The van der Waals surface area contributed by atoms with E-state index in [1.165, 1.54) is 18.4 Å². The van der Waals surface area contributed by atoms with Gasteiger partial charge in [-0.05, 0) is 12.1 Å². The first kappa shape index (κ1) is 19.8. The molecule has 0 aromatic carbocycles. The van der Waals surface area contributed by atoms with Gasteiger partial charge >= 0.3 is 18.3 Å². The van der Waals surface area contributed by atoms with Gasteiger partial charge in [-0.1, -0.05) is 0 Å². The van der Waals surface area contributed by atoms with E-state index in [4.69, 9.17) is 14.3 Å². The van der Waals surface area contributed by atoms with Gasteiger partial charge in [-0.15, -0.1) is 0 Å². The Balaban J connectivity index is 0.000000351. The second-order valence-corrected chi connectivity index (χ2v) is 4.54. The average molecular weight is 362 g/mol. The lowest BCUT2D eigenvalue weighted by atomic mass is 10.1. The van der Waals surface area contributed by atoms with Crippen LogP contribution in [0.3, 0.4) is 0 Å². The Morgan fingerprint density at radius 2 is 1.83 bits per heavy atom. The van der Waals surface area contributed by atoms with Crippen molar-refractivity contribution in [2.45, 2.75) is 18.4 Å². The molecule has 12 heteroatoms. The molecule has 1 aromatic heterocycles. The summed E-state index contributed by atoms with van der Waals surface area (Å²) in [6, 6.07) is 1.03. The quantitative estimate of drug-likeness (QED) is 0.746. The van der Waals surface area contributed by atoms with Gasteiger partial charge in [0.2, 0.25) is 0 Å². The van der Waals surface area contributed by atoms with Crippen molar-refractivity contribution in [3.05, 3.63) is 24.2 Å². The highest BCUT2D eigenvalue weighted by Crippen LogP contribution is 2.27. The molecule has 0 bridgehead atoms. The Hall–Kier alpha value is -2.24. The molecule has 1 atom stereocenters. The maximum absolute atomic E-state index is 12.7. The van der Waals surface area contributed by atoms with E-state index >= 15 is 0 Å². The highest BCUT2D eigenvalue weighted by atomic mass is 19.4. The molecule has 2 heterocycles. The zero-order valence-electron chi connectivity index (χ0n) is 11.8. The second kappa shape index (κ2) is 7.55. The molecule has 1 unspecified atom stereocenters. The van der Waals surface area contributed by atoms with Crippen molar-refractivity contribution in [1.29, 1.82) is 0 Å². The van der Waals surface area contributed by atoms with Crippen molar-refractivity contribution >= 4 is 11.9 Å². The number of alkyl halides is 6. The summed E-state index contributed by atoms with van der Waals surface area (Å²) in [6.07, 6.45) is -8.26. The van der Waals surface area contributed by atoms with Crippen LogP contribution in [0.1, 0.15) is 10.6 Å².